The highest BCUT2D eigenvalue weighted by Gasteiger charge is 2.34. The van der Waals surface area contributed by atoms with Crippen molar-refractivity contribution >= 4 is 0 Å². The first-order valence-corrected chi connectivity index (χ1v) is 5.94. The first kappa shape index (κ1) is 11.8. The van der Waals surface area contributed by atoms with E-state index in [0.29, 0.717) is 18.0 Å². The number of hydrogen-bond donors (Lipinski definition) is 0. The molecule has 0 N–H and O–H groups in total. The number of aromatic nitrogens is 2. The zero-order valence-corrected chi connectivity index (χ0v) is 11.0. The molecule has 1 aromatic heterocycles. The Bertz CT molecular complexity index is 684. The minimum Gasteiger partial charge on any atom is -0.490 e. The van der Waals surface area contributed by atoms with Gasteiger partial charge in [0.05, 0.1) is 13.7 Å². The van der Waals surface area contributed by atoms with Crippen LogP contribution in [-0.4, -0.2) is 23.5 Å². The SMILES string of the molecule is COc1nn(-c2cccc3c2OCC3(C)C)c(=O)o1. The van der Waals surface area contributed by atoms with E-state index in [2.05, 4.69) is 18.9 Å². The molecular weight excluding hydrogens is 248 g/mol. The second kappa shape index (κ2) is 3.88. The number of hydrogen-bond acceptors (Lipinski definition) is 5. The van der Waals surface area contributed by atoms with Crippen LogP contribution in [0.25, 0.3) is 5.69 Å². The molecule has 0 saturated heterocycles. The number of para-hydroxylation sites is 1. The van der Waals surface area contributed by atoms with Crippen molar-refractivity contribution in [2.75, 3.05) is 13.7 Å². The van der Waals surface area contributed by atoms with Crippen LogP contribution < -0.4 is 15.2 Å². The third-order valence-corrected chi connectivity index (χ3v) is 3.23. The number of fused-ring (bicyclic) bond motifs is 1. The van der Waals surface area contributed by atoms with Crippen molar-refractivity contribution in [3.8, 4) is 17.5 Å². The van der Waals surface area contributed by atoms with E-state index in [1.165, 1.54) is 7.11 Å². The smallest absolute Gasteiger partial charge is 0.444 e. The lowest BCUT2D eigenvalue weighted by molar-refractivity contribution is 0.282. The number of ether oxygens (including phenoxy) is 2. The van der Waals surface area contributed by atoms with Crippen molar-refractivity contribution in [3.05, 3.63) is 34.3 Å². The van der Waals surface area contributed by atoms with Crippen molar-refractivity contribution < 1.29 is 13.9 Å². The molecular formula is C13H14N2O4. The van der Waals surface area contributed by atoms with Gasteiger partial charge in [-0.1, -0.05) is 31.1 Å². The van der Waals surface area contributed by atoms with E-state index in [0.717, 1.165) is 10.2 Å². The van der Waals surface area contributed by atoms with Crippen molar-refractivity contribution in [2.24, 2.45) is 0 Å². The first-order valence-electron chi connectivity index (χ1n) is 5.94. The van der Waals surface area contributed by atoms with Crippen LogP contribution in [0.15, 0.2) is 27.4 Å². The summed E-state index contributed by atoms with van der Waals surface area (Å²) in [5.74, 6) is 0.0732. The number of benzene rings is 1. The molecule has 0 amide bonds. The van der Waals surface area contributed by atoms with Gasteiger partial charge in [-0.3, -0.25) is 0 Å². The fourth-order valence-corrected chi connectivity index (χ4v) is 2.20. The Labute approximate surface area is 109 Å². The maximum Gasteiger partial charge on any atom is 0.444 e. The fourth-order valence-electron chi connectivity index (χ4n) is 2.20. The van der Waals surface area contributed by atoms with Crippen LogP contribution in [0.3, 0.4) is 0 Å². The zero-order chi connectivity index (χ0) is 13.6. The molecule has 0 aliphatic carbocycles. The van der Waals surface area contributed by atoms with Gasteiger partial charge in [0.2, 0.25) is 0 Å². The van der Waals surface area contributed by atoms with Crippen LogP contribution in [0.1, 0.15) is 19.4 Å². The minimum atomic E-state index is -0.599. The number of nitrogens with zero attached hydrogens (tertiary/aromatic N) is 2. The zero-order valence-electron chi connectivity index (χ0n) is 11.0. The van der Waals surface area contributed by atoms with E-state index in [-0.39, 0.29) is 11.5 Å². The third kappa shape index (κ3) is 1.71. The highest BCUT2D eigenvalue weighted by molar-refractivity contribution is 5.56. The molecule has 0 radical (unpaired) electrons. The Balaban J connectivity index is 2.20. The topological polar surface area (TPSA) is 66.5 Å². The Morgan fingerprint density at radius 2 is 2.21 bits per heavy atom. The second-order valence-corrected chi connectivity index (χ2v) is 5.08. The van der Waals surface area contributed by atoms with Gasteiger partial charge in [0, 0.05) is 11.0 Å². The average Bonchev–Trinajstić information content (AvgIpc) is 2.90. The predicted octanol–water partition coefficient (Wildman–Crippen LogP) is 1.50. The Morgan fingerprint density at radius 3 is 2.89 bits per heavy atom. The van der Waals surface area contributed by atoms with E-state index in [9.17, 15) is 4.79 Å². The monoisotopic (exact) mass is 262 g/mol. The third-order valence-electron chi connectivity index (χ3n) is 3.23. The molecule has 2 heterocycles. The summed E-state index contributed by atoms with van der Waals surface area (Å²) in [6, 6.07) is 5.63. The number of rotatable bonds is 2. The van der Waals surface area contributed by atoms with Crippen molar-refractivity contribution in [2.45, 2.75) is 19.3 Å². The van der Waals surface area contributed by atoms with Crippen LogP contribution >= 0.6 is 0 Å². The maximum absolute atomic E-state index is 11.8. The van der Waals surface area contributed by atoms with Gasteiger partial charge in [-0.2, -0.15) is 4.68 Å². The fraction of sp³-hybridized carbons (Fsp3) is 0.385. The molecule has 0 saturated carbocycles. The molecule has 0 fully saturated rings. The van der Waals surface area contributed by atoms with Crippen LogP contribution in [0.4, 0.5) is 0 Å². The Kier molecular flexibility index (Phi) is 2.41. The summed E-state index contributed by atoms with van der Waals surface area (Å²) < 4.78 is 16.5. The van der Waals surface area contributed by atoms with Crippen molar-refractivity contribution in [3.63, 3.8) is 0 Å². The lowest BCUT2D eigenvalue weighted by atomic mass is 9.87. The highest BCUT2D eigenvalue weighted by Crippen LogP contribution is 2.41. The molecule has 3 rings (SSSR count). The Morgan fingerprint density at radius 1 is 1.42 bits per heavy atom. The molecule has 1 aliphatic rings. The summed E-state index contributed by atoms with van der Waals surface area (Å²) in [7, 11) is 1.39. The van der Waals surface area contributed by atoms with Gasteiger partial charge in [0.1, 0.15) is 11.4 Å². The van der Waals surface area contributed by atoms with E-state index < -0.39 is 5.76 Å². The van der Waals surface area contributed by atoms with E-state index in [4.69, 9.17) is 13.9 Å². The van der Waals surface area contributed by atoms with Gasteiger partial charge in [-0.25, -0.2) is 4.79 Å². The molecule has 19 heavy (non-hydrogen) atoms. The molecule has 1 aromatic carbocycles. The Hall–Kier alpha value is -2.24. The summed E-state index contributed by atoms with van der Waals surface area (Å²) in [6.07, 6.45) is -0.0696. The average molecular weight is 262 g/mol. The molecule has 0 bridgehead atoms. The number of methoxy groups -OCH3 is 1. The summed E-state index contributed by atoms with van der Waals surface area (Å²) in [5.41, 5.74) is 1.54. The minimum absolute atomic E-state index is 0.0696. The first-order chi connectivity index (χ1) is 9.03. The van der Waals surface area contributed by atoms with Gasteiger partial charge in [-0.15, -0.1) is 0 Å². The maximum atomic E-state index is 11.8. The van der Waals surface area contributed by atoms with E-state index in [1.807, 2.05) is 12.1 Å². The lowest BCUT2D eigenvalue weighted by Gasteiger charge is -2.14. The quantitative estimate of drug-likeness (QED) is 0.820. The predicted molar refractivity (Wildman–Crippen MR) is 67.2 cm³/mol. The molecule has 0 spiro atoms. The molecule has 6 heteroatoms. The molecule has 6 nitrogen and oxygen atoms in total. The summed E-state index contributed by atoms with van der Waals surface area (Å²) in [4.78, 5) is 11.8. The molecule has 0 unspecified atom stereocenters. The van der Waals surface area contributed by atoms with Gasteiger partial charge >= 0.3 is 11.8 Å². The van der Waals surface area contributed by atoms with Crippen LogP contribution in [0.2, 0.25) is 0 Å². The molecule has 100 valence electrons. The van der Waals surface area contributed by atoms with Crippen molar-refractivity contribution in [1.82, 2.24) is 9.78 Å². The van der Waals surface area contributed by atoms with Gasteiger partial charge in [-0.05, 0) is 6.07 Å². The lowest BCUT2D eigenvalue weighted by Crippen LogP contribution is -2.18. The highest BCUT2D eigenvalue weighted by atomic mass is 16.6. The molecule has 2 aromatic rings. The largest absolute Gasteiger partial charge is 0.490 e. The van der Waals surface area contributed by atoms with E-state index >= 15 is 0 Å². The summed E-state index contributed by atoms with van der Waals surface area (Å²) >= 11 is 0. The van der Waals surface area contributed by atoms with Crippen LogP contribution in [0, 0.1) is 0 Å². The van der Waals surface area contributed by atoms with Gasteiger partial charge in [0.25, 0.3) is 0 Å². The molecule has 0 atom stereocenters. The van der Waals surface area contributed by atoms with Gasteiger partial charge < -0.3 is 13.9 Å². The summed E-state index contributed by atoms with van der Waals surface area (Å²) in [6.45, 7) is 4.76. The normalized spacial score (nSPS) is 15.9. The van der Waals surface area contributed by atoms with Crippen LogP contribution in [-0.2, 0) is 5.41 Å². The summed E-state index contributed by atoms with van der Waals surface area (Å²) in [5, 5.41) is 3.96. The van der Waals surface area contributed by atoms with Gasteiger partial charge in [0.15, 0.2) is 0 Å². The second-order valence-electron chi connectivity index (χ2n) is 5.08. The van der Waals surface area contributed by atoms with Crippen LogP contribution in [0.5, 0.6) is 11.8 Å². The van der Waals surface area contributed by atoms with Crippen molar-refractivity contribution in [1.29, 1.82) is 0 Å². The van der Waals surface area contributed by atoms with E-state index in [1.54, 1.807) is 6.07 Å². The standard InChI is InChI=1S/C13H14N2O4/c1-13(2)7-18-10-8(13)5-4-6-9(10)15-12(16)19-11(14-15)17-3/h4-6H,7H2,1-3H3. The molecule has 1 aliphatic heterocycles.